The van der Waals surface area contributed by atoms with Crippen LogP contribution in [0.3, 0.4) is 0 Å². The SMILES string of the molecule is CC1(C)CCC(CN2CCN(c3ccc(C(=O)NS(=O)(=O)c4ccc(OCC5CCN(C6COC6F)CC5)c([N+](=O)[O-])c4)c(Oc4cnc5[nH]ccc5c4)c3)CC2)=C(c2ccc(Cl)cc2)C1. The second kappa shape index (κ2) is 19.0. The summed E-state index contributed by atoms with van der Waals surface area (Å²) in [6, 6.07) is 19.8. The summed E-state index contributed by atoms with van der Waals surface area (Å²) < 4.78 is 60.4. The number of sulfonamides is 1. The number of hydrogen-bond acceptors (Lipinski definition) is 12. The van der Waals surface area contributed by atoms with Crippen LogP contribution in [0.25, 0.3) is 16.6 Å². The van der Waals surface area contributed by atoms with Crippen LogP contribution in [-0.4, -0.2) is 110 Å². The average molecular weight is 943 g/mol. The molecule has 348 valence electrons. The number of anilines is 1. The summed E-state index contributed by atoms with van der Waals surface area (Å²) in [5.41, 5.74) is 5.11. The highest BCUT2D eigenvalue weighted by molar-refractivity contribution is 7.90. The van der Waals surface area contributed by atoms with Crippen molar-refractivity contribution in [2.24, 2.45) is 11.3 Å². The van der Waals surface area contributed by atoms with Crippen molar-refractivity contribution in [3.63, 3.8) is 0 Å². The Balaban J connectivity index is 0.896. The predicted octanol–water partition coefficient (Wildman–Crippen LogP) is 8.61. The number of likely N-dealkylation sites (tertiary alicyclic amines) is 1. The van der Waals surface area contributed by atoms with Crippen LogP contribution in [-0.2, 0) is 14.8 Å². The smallest absolute Gasteiger partial charge is 0.312 e. The predicted molar refractivity (Wildman–Crippen MR) is 249 cm³/mol. The standard InChI is InChI=1S/C48H53ClFN7O8S/c1-48(2)15-11-34(40(26-48)32-3-5-35(49)6-4-32)28-54-19-21-55(22-20-54)36-7-9-39(44(24-36)65-37-23-33-12-16-51-46(33)52-27-37)47(58)53-66(61,62)38-8-10-43(41(25-38)57(59)60)63-29-31-13-17-56(18-14-31)42-30-64-45(42)50/h3-10,12,16,23-25,27,31,42,45H,11,13-15,17-22,26,28-30H2,1-2H3,(H,51,52)(H,53,58). The molecule has 3 aliphatic heterocycles. The number of nitro groups is 1. The number of fused-ring (bicyclic) bond motifs is 1. The first kappa shape index (κ1) is 45.6. The summed E-state index contributed by atoms with van der Waals surface area (Å²) in [6.07, 6.45) is 6.56. The van der Waals surface area contributed by atoms with Gasteiger partial charge in [-0.2, -0.15) is 0 Å². The number of carbonyl (C=O) groups excluding carboxylic acids is 1. The molecule has 1 aliphatic carbocycles. The molecule has 2 N–H and O–H groups in total. The molecule has 3 fully saturated rings. The van der Waals surface area contributed by atoms with Crippen LogP contribution < -0.4 is 19.1 Å². The van der Waals surface area contributed by atoms with Crippen LogP contribution in [0, 0.1) is 21.4 Å². The van der Waals surface area contributed by atoms with Crippen molar-refractivity contribution < 1.29 is 36.7 Å². The van der Waals surface area contributed by atoms with Gasteiger partial charge in [0, 0.05) is 67.1 Å². The first-order chi connectivity index (χ1) is 31.7. The molecule has 0 radical (unpaired) electrons. The van der Waals surface area contributed by atoms with Gasteiger partial charge in [0.05, 0.1) is 40.8 Å². The zero-order valence-electron chi connectivity index (χ0n) is 36.9. The number of nitrogens with one attached hydrogen (secondary N) is 2. The van der Waals surface area contributed by atoms with E-state index in [9.17, 15) is 27.7 Å². The maximum atomic E-state index is 14.0. The number of hydrogen-bond donors (Lipinski definition) is 2. The maximum absolute atomic E-state index is 14.0. The highest BCUT2D eigenvalue weighted by Gasteiger charge is 2.39. The lowest BCUT2D eigenvalue weighted by Crippen LogP contribution is -2.56. The Morgan fingerprint density at radius 3 is 2.50 bits per heavy atom. The van der Waals surface area contributed by atoms with Gasteiger partial charge in [0.1, 0.15) is 17.1 Å². The van der Waals surface area contributed by atoms with Crippen molar-refractivity contribution in [2.45, 2.75) is 63.2 Å². The number of rotatable bonds is 14. The molecular weight excluding hydrogens is 889 g/mol. The topological polar surface area (TPSA) is 172 Å². The Labute approximate surface area is 388 Å². The molecule has 4 aliphatic rings. The quantitative estimate of drug-likeness (QED) is 0.0804. The molecule has 3 saturated heterocycles. The third kappa shape index (κ3) is 10.2. The largest absolute Gasteiger partial charge is 0.487 e. The number of amides is 1. The lowest BCUT2D eigenvalue weighted by Gasteiger charge is -2.43. The Morgan fingerprint density at radius 1 is 1.02 bits per heavy atom. The number of nitrogens with zero attached hydrogens (tertiary/aromatic N) is 5. The summed E-state index contributed by atoms with van der Waals surface area (Å²) in [5, 5.41) is 13.7. The summed E-state index contributed by atoms with van der Waals surface area (Å²) in [7, 11) is -4.63. The molecule has 0 spiro atoms. The maximum Gasteiger partial charge on any atom is 0.312 e. The van der Waals surface area contributed by atoms with E-state index in [0.717, 1.165) is 61.1 Å². The average Bonchev–Trinajstić information content (AvgIpc) is 3.77. The number of ether oxygens (including phenoxy) is 3. The number of nitro benzene ring substituents is 1. The van der Waals surface area contributed by atoms with Crippen LogP contribution in [0.2, 0.25) is 5.02 Å². The Hall–Kier alpha value is -5.59. The number of aromatic amines is 1. The second-order valence-electron chi connectivity index (χ2n) is 18.4. The van der Waals surface area contributed by atoms with Crippen molar-refractivity contribution >= 4 is 55.5 Å². The molecule has 5 aromatic rings. The summed E-state index contributed by atoms with van der Waals surface area (Å²) >= 11 is 6.24. The lowest BCUT2D eigenvalue weighted by atomic mass is 9.72. The van der Waals surface area contributed by atoms with Crippen LogP contribution in [0.5, 0.6) is 17.2 Å². The number of allylic oxidation sites excluding steroid dienone is 1. The first-order valence-electron chi connectivity index (χ1n) is 22.4. The zero-order chi connectivity index (χ0) is 46.2. The molecule has 18 heteroatoms. The Morgan fingerprint density at radius 2 is 1.79 bits per heavy atom. The van der Waals surface area contributed by atoms with E-state index in [4.69, 9.17) is 25.8 Å². The van der Waals surface area contributed by atoms with Gasteiger partial charge in [0.2, 0.25) is 6.36 Å². The fourth-order valence-corrected chi connectivity index (χ4v) is 10.4. The zero-order valence-corrected chi connectivity index (χ0v) is 38.5. The number of aromatic nitrogens is 2. The van der Waals surface area contributed by atoms with Gasteiger partial charge in [-0.25, -0.2) is 22.5 Å². The van der Waals surface area contributed by atoms with Crippen molar-refractivity contribution in [2.75, 3.05) is 63.9 Å². The summed E-state index contributed by atoms with van der Waals surface area (Å²) in [5.74, 6) is -0.573. The van der Waals surface area contributed by atoms with Gasteiger partial charge in [-0.05, 0) is 116 Å². The summed E-state index contributed by atoms with van der Waals surface area (Å²) in [6.45, 7) is 10.4. The van der Waals surface area contributed by atoms with E-state index < -0.39 is 37.8 Å². The number of alkyl halides is 1. The minimum atomic E-state index is -4.63. The van der Waals surface area contributed by atoms with Gasteiger partial charge in [-0.15, -0.1) is 0 Å². The number of H-pyrrole nitrogens is 1. The molecule has 2 unspecified atom stereocenters. The third-order valence-electron chi connectivity index (χ3n) is 13.3. The minimum Gasteiger partial charge on any atom is -0.487 e. The summed E-state index contributed by atoms with van der Waals surface area (Å²) in [4.78, 5) is 39.2. The number of halogens is 2. The molecule has 5 heterocycles. The molecule has 3 aromatic carbocycles. The molecule has 2 aromatic heterocycles. The van der Waals surface area contributed by atoms with Gasteiger partial charge in [-0.3, -0.25) is 24.7 Å². The molecule has 2 atom stereocenters. The van der Waals surface area contributed by atoms with Crippen LogP contribution in [0.4, 0.5) is 15.8 Å². The van der Waals surface area contributed by atoms with Gasteiger partial charge in [0.25, 0.3) is 15.9 Å². The molecule has 0 saturated carbocycles. The molecule has 9 rings (SSSR count). The Kier molecular flexibility index (Phi) is 13.1. The van der Waals surface area contributed by atoms with Gasteiger partial charge < -0.3 is 24.1 Å². The normalized spacial score (nSPS) is 20.8. The van der Waals surface area contributed by atoms with E-state index in [0.29, 0.717) is 57.0 Å². The monoisotopic (exact) mass is 941 g/mol. The lowest BCUT2D eigenvalue weighted by molar-refractivity contribution is -0.386. The third-order valence-corrected chi connectivity index (χ3v) is 14.9. The highest BCUT2D eigenvalue weighted by Crippen LogP contribution is 2.44. The van der Waals surface area contributed by atoms with Gasteiger partial charge in [0.15, 0.2) is 5.75 Å². The number of benzene rings is 3. The molecule has 1 amide bonds. The van der Waals surface area contributed by atoms with E-state index in [-0.39, 0.29) is 41.0 Å². The first-order valence-corrected chi connectivity index (χ1v) is 24.2. The number of piperazine rings is 1. The van der Waals surface area contributed by atoms with Crippen molar-refractivity contribution in [1.82, 2.24) is 24.5 Å². The minimum absolute atomic E-state index is 0.0654. The highest BCUT2D eigenvalue weighted by atomic mass is 35.5. The molecule has 15 nitrogen and oxygen atoms in total. The van der Waals surface area contributed by atoms with E-state index in [1.165, 1.54) is 41.1 Å². The number of carbonyl (C=O) groups is 1. The van der Waals surface area contributed by atoms with E-state index in [1.54, 1.807) is 24.4 Å². The number of piperidine rings is 1. The molecule has 0 bridgehead atoms. The van der Waals surface area contributed by atoms with E-state index >= 15 is 0 Å². The van der Waals surface area contributed by atoms with E-state index in [2.05, 4.69) is 50.5 Å². The Bertz CT molecular complexity index is 2750. The second-order valence-corrected chi connectivity index (χ2v) is 20.5. The van der Waals surface area contributed by atoms with Crippen molar-refractivity contribution in [3.8, 4) is 17.2 Å². The van der Waals surface area contributed by atoms with Gasteiger partial charge in [-0.1, -0.05) is 43.2 Å². The van der Waals surface area contributed by atoms with E-state index in [1.807, 2.05) is 23.1 Å². The van der Waals surface area contributed by atoms with Crippen molar-refractivity contribution in [1.29, 1.82) is 0 Å². The van der Waals surface area contributed by atoms with Crippen LogP contribution >= 0.6 is 11.6 Å². The number of pyridine rings is 1. The van der Waals surface area contributed by atoms with Gasteiger partial charge >= 0.3 is 5.69 Å². The fraction of sp³-hybridized carbons (Fsp3) is 0.417. The molecule has 66 heavy (non-hydrogen) atoms. The van der Waals surface area contributed by atoms with Crippen LogP contribution in [0.1, 0.15) is 61.9 Å². The van der Waals surface area contributed by atoms with Crippen molar-refractivity contribution in [3.05, 3.63) is 117 Å². The van der Waals surface area contributed by atoms with Crippen LogP contribution in [0.15, 0.2) is 95.7 Å². The molecular formula is C48H53ClFN7O8S. The fourth-order valence-electron chi connectivity index (χ4n) is 9.33.